The second-order valence-electron chi connectivity index (χ2n) is 5.21. The van der Waals surface area contributed by atoms with Crippen LogP contribution in [-0.4, -0.2) is 40.4 Å². The van der Waals surface area contributed by atoms with E-state index in [9.17, 15) is 16.8 Å². The molecule has 0 fully saturated rings. The maximum Gasteiger partial charge on any atom is 0.264 e. The Balaban J connectivity index is 2.12. The first kappa shape index (κ1) is 17.8. The first-order chi connectivity index (χ1) is 10.7. The molecule has 1 aromatic carbocycles. The number of aromatic nitrogens is 1. The zero-order chi connectivity index (χ0) is 17.1. The summed E-state index contributed by atoms with van der Waals surface area (Å²) in [5, 5.41) is 0.903. The van der Waals surface area contributed by atoms with Crippen LogP contribution in [-0.2, 0) is 30.7 Å². The minimum atomic E-state index is -3.42. The quantitative estimate of drug-likeness (QED) is 0.552. The zero-order valence-corrected chi connectivity index (χ0v) is 14.6. The van der Waals surface area contributed by atoms with Crippen molar-refractivity contribution in [2.75, 3.05) is 23.3 Å². The number of fused-ring (bicyclic) bond motifs is 1. The molecule has 7 nitrogen and oxygen atoms in total. The first-order valence-electron chi connectivity index (χ1n) is 7.15. The normalized spacial score (nSPS) is 12.6. The average molecular weight is 360 g/mol. The summed E-state index contributed by atoms with van der Waals surface area (Å²) in [4.78, 5) is 3.11. The van der Waals surface area contributed by atoms with Gasteiger partial charge >= 0.3 is 0 Å². The molecule has 128 valence electrons. The van der Waals surface area contributed by atoms with Crippen LogP contribution in [0.1, 0.15) is 18.9 Å². The van der Waals surface area contributed by atoms with Gasteiger partial charge in [0.2, 0.25) is 10.0 Å². The monoisotopic (exact) mass is 360 g/mol. The molecule has 0 unspecified atom stereocenters. The number of nitrogens with one attached hydrogen (secondary N) is 2. The Morgan fingerprint density at radius 3 is 2.61 bits per heavy atom. The standard InChI is InChI=1S/C14H20N2O5S2/c1-3-23(19,20)16-12-6-7-14-13(9-12)11(10-15-14)5-4-8-21-22(2,17)18/h6-7,9-10,15-16H,3-5,8H2,1-2H3. The minimum absolute atomic E-state index is 0.00780. The Morgan fingerprint density at radius 1 is 1.22 bits per heavy atom. The third kappa shape index (κ3) is 5.22. The summed E-state index contributed by atoms with van der Waals surface area (Å²) in [5.74, 6) is 0.00780. The van der Waals surface area contributed by atoms with Crippen LogP contribution in [0.3, 0.4) is 0 Å². The molecule has 1 aromatic heterocycles. The van der Waals surface area contributed by atoms with Crippen molar-refractivity contribution in [1.29, 1.82) is 0 Å². The van der Waals surface area contributed by atoms with Gasteiger partial charge in [-0.25, -0.2) is 8.42 Å². The number of aromatic amines is 1. The molecule has 0 radical (unpaired) electrons. The van der Waals surface area contributed by atoms with E-state index >= 15 is 0 Å². The van der Waals surface area contributed by atoms with Gasteiger partial charge in [0.05, 0.1) is 18.6 Å². The summed E-state index contributed by atoms with van der Waals surface area (Å²) in [6.45, 7) is 1.69. The van der Waals surface area contributed by atoms with Gasteiger partial charge in [0.25, 0.3) is 10.1 Å². The van der Waals surface area contributed by atoms with Crippen molar-refractivity contribution in [3.05, 3.63) is 30.0 Å². The van der Waals surface area contributed by atoms with Crippen LogP contribution in [0, 0.1) is 0 Å². The molecule has 2 N–H and O–H groups in total. The van der Waals surface area contributed by atoms with E-state index < -0.39 is 20.1 Å². The van der Waals surface area contributed by atoms with E-state index in [1.807, 2.05) is 6.20 Å². The number of anilines is 1. The molecule has 2 rings (SSSR count). The SMILES string of the molecule is CCS(=O)(=O)Nc1ccc2[nH]cc(CCCOS(C)(=O)=O)c2c1. The van der Waals surface area contributed by atoms with Gasteiger partial charge in [0, 0.05) is 22.8 Å². The van der Waals surface area contributed by atoms with Gasteiger partial charge in [-0.05, 0) is 43.5 Å². The smallest absolute Gasteiger partial charge is 0.264 e. The molecule has 0 aliphatic rings. The van der Waals surface area contributed by atoms with Crippen LogP contribution >= 0.6 is 0 Å². The fourth-order valence-electron chi connectivity index (χ4n) is 2.17. The summed E-state index contributed by atoms with van der Waals surface area (Å²) < 4.78 is 52.3. The fraction of sp³-hybridized carbons (Fsp3) is 0.429. The molecular weight excluding hydrogens is 340 g/mol. The highest BCUT2D eigenvalue weighted by molar-refractivity contribution is 7.92. The predicted molar refractivity (Wildman–Crippen MR) is 90.5 cm³/mol. The lowest BCUT2D eigenvalue weighted by molar-refractivity contribution is 0.316. The van der Waals surface area contributed by atoms with Crippen molar-refractivity contribution >= 4 is 36.7 Å². The van der Waals surface area contributed by atoms with Crippen LogP contribution in [0.4, 0.5) is 5.69 Å². The number of hydrogen-bond acceptors (Lipinski definition) is 5. The van der Waals surface area contributed by atoms with Gasteiger partial charge in [-0.3, -0.25) is 8.91 Å². The third-order valence-corrected chi connectivity index (χ3v) is 5.21. The topological polar surface area (TPSA) is 105 Å². The Kier molecular flexibility index (Phi) is 5.33. The molecule has 1 heterocycles. The molecule has 0 aliphatic carbocycles. The summed E-state index contributed by atoms with van der Waals surface area (Å²) >= 11 is 0. The van der Waals surface area contributed by atoms with Crippen molar-refractivity contribution in [3.63, 3.8) is 0 Å². The Hall–Kier alpha value is -1.58. The molecule has 0 aliphatic heterocycles. The second-order valence-corrected chi connectivity index (χ2v) is 8.86. The number of sulfonamides is 1. The van der Waals surface area contributed by atoms with Crippen LogP contribution in [0.15, 0.2) is 24.4 Å². The number of hydrogen-bond donors (Lipinski definition) is 2. The summed E-state index contributed by atoms with van der Waals surface area (Å²) in [7, 11) is -6.74. The minimum Gasteiger partial charge on any atom is -0.361 e. The van der Waals surface area contributed by atoms with E-state index in [1.54, 1.807) is 25.1 Å². The van der Waals surface area contributed by atoms with Gasteiger partial charge in [-0.15, -0.1) is 0 Å². The lowest BCUT2D eigenvalue weighted by atomic mass is 10.1. The molecule has 0 bridgehead atoms. The van der Waals surface area contributed by atoms with E-state index in [0.29, 0.717) is 18.5 Å². The van der Waals surface area contributed by atoms with Crippen LogP contribution in [0.25, 0.3) is 10.9 Å². The highest BCUT2D eigenvalue weighted by Gasteiger charge is 2.10. The third-order valence-electron chi connectivity index (χ3n) is 3.31. The van der Waals surface area contributed by atoms with Gasteiger partial charge in [-0.1, -0.05) is 0 Å². The number of H-pyrrole nitrogens is 1. The molecule has 0 amide bonds. The molecular formula is C14H20N2O5S2. The molecule has 0 atom stereocenters. The Bertz CT molecular complexity index is 885. The molecule has 9 heteroatoms. The molecule has 23 heavy (non-hydrogen) atoms. The highest BCUT2D eigenvalue weighted by atomic mass is 32.2. The average Bonchev–Trinajstić information content (AvgIpc) is 2.85. The summed E-state index contributed by atoms with van der Waals surface area (Å²) in [6, 6.07) is 5.27. The predicted octanol–water partition coefficient (Wildman–Crippen LogP) is 1.84. The zero-order valence-electron chi connectivity index (χ0n) is 13.0. The maximum absolute atomic E-state index is 11.6. The summed E-state index contributed by atoms with van der Waals surface area (Å²) in [5.41, 5.74) is 2.38. The molecule has 0 saturated carbocycles. The number of aryl methyl sites for hydroxylation is 1. The highest BCUT2D eigenvalue weighted by Crippen LogP contribution is 2.24. The number of benzene rings is 1. The van der Waals surface area contributed by atoms with Crippen LogP contribution < -0.4 is 4.72 Å². The second kappa shape index (κ2) is 6.90. The van der Waals surface area contributed by atoms with Crippen molar-refractivity contribution < 1.29 is 21.0 Å². The van der Waals surface area contributed by atoms with Crippen molar-refractivity contribution in [2.24, 2.45) is 0 Å². The van der Waals surface area contributed by atoms with Gasteiger partial charge in [-0.2, -0.15) is 8.42 Å². The molecule has 0 saturated heterocycles. The molecule has 0 spiro atoms. The lowest BCUT2D eigenvalue weighted by Gasteiger charge is -2.06. The van der Waals surface area contributed by atoms with Crippen LogP contribution in [0.5, 0.6) is 0 Å². The Morgan fingerprint density at radius 2 is 1.96 bits per heavy atom. The van der Waals surface area contributed by atoms with Gasteiger partial charge < -0.3 is 4.98 Å². The molecule has 2 aromatic rings. The largest absolute Gasteiger partial charge is 0.361 e. The van der Waals surface area contributed by atoms with E-state index in [0.717, 1.165) is 22.7 Å². The van der Waals surface area contributed by atoms with E-state index in [2.05, 4.69) is 9.71 Å². The lowest BCUT2D eigenvalue weighted by Crippen LogP contribution is -2.14. The van der Waals surface area contributed by atoms with E-state index in [4.69, 9.17) is 4.18 Å². The van der Waals surface area contributed by atoms with Crippen molar-refractivity contribution in [3.8, 4) is 0 Å². The Labute approximate surface area is 136 Å². The van der Waals surface area contributed by atoms with E-state index in [-0.39, 0.29) is 12.4 Å². The number of rotatable bonds is 8. The first-order valence-corrected chi connectivity index (χ1v) is 10.6. The maximum atomic E-state index is 11.6. The van der Waals surface area contributed by atoms with Crippen LogP contribution in [0.2, 0.25) is 0 Å². The fourth-order valence-corrected chi connectivity index (χ4v) is 3.22. The van der Waals surface area contributed by atoms with Crippen molar-refractivity contribution in [2.45, 2.75) is 19.8 Å². The summed E-state index contributed by atoms with van der Waals surface area (Å²) in [6.07, 6.45) is 4.03. The van der Waals surface area contributed by atoms with Crippen molar-refractivity contribution in [1.82, 2.24) is 4.98 Å². The van der Waals surface area contributed by atoms with Gasteiger partial charge in [0.15, 0.2) is 0 Å². The van der Waals surface area contributed by atoms with E-state index in [1.165, 1.54) is 0 Å². The van der Waals surface area contributed by atoms with Gasteiger partial charge in [0.1, 0.15) is 0 Å².